The average molecular weight is 422 g/mol. The Kier molecular flexibility index (Phi) is 5.94. The van der Waals surface area contributed by atoms with E-state index in [4.69, 9.17) is 38.0 Å². The van der Waals surface area contributed by atoms with Crippen molar-refractivity contribution in [1.82, 2.24) is 0 Å². The van der Waals surface area contributed by atoms with Gasteiger partial charge in [-0.3, -0.25) is 9.69 Å². The van der Waals surface area contributed by atoms with Crippen LogP contribution in [0.5, 0.6) is 17.2 Å². The molecule has 1 fully saturated rings. The average Bonchev–Trinajstić information content (AvgIpc) is 2.95. The number of carbonyl (C=O) groups is 1. The Balaban J connectivity index is 1.94. The van der Waals surface area contributed by atoms with Crippen molar-refractivity contribution in [1.29, 1.82) is 0 Å². The maximum atomic E-state index is 12.9. The molecule has 1 aliphatic heterocycles. The number of thioether (sulfide) groups is 1. The number of thiocarbonyl (C=S) groups is 1. The molecular formula is C19H16ClNO4S2. The fourth-order valence-corrected chi connectivity index (χ4v) is 4.11. The van der Waals surface area contributed by atoms with Gasteiger partial charge in [-0.1, -0.05) is 35.6 Å². The van der Waals surface area contributed by atoms with E-state index >= 15 is 0 Å². The van der Waals surface area contributed by atoms with E-state index in [0.717, 1.165) is 5.56 Å². The summed E-state index contributed by atoms with van der Waals surface area (Å²) >= 11 is 12.8. The van der Waals surface area contributed by atoms with E-state index in [1.54, 1.807) is 50.6 Å². The molecule has 1 saturated heterocycles. The smallest absolute Gasteiger partial charge is 0.270 e. The number of nitrogens with zero attached hydrogens (tertiary/aromatic N) is 1. The molecule has 1 aliphatic rings. The second-order valence-corrected chi connectivity index (χ2v) is 7.53. The SMILES string of the molecule is COc1ccc(/C=C2/SC(=S)N(c3ccc(OC)c(Cl)c3)C2=O)c(OC)c1. The summed E-state index contributed by atoms with van der Waals surface area (Å²) in [6.45, 7) is 0. The second kappa shape index (κ2) is 8.21. The lowest BCUT2D eigenvalue weighted by Crippen LogP contribution is -2.27. The van der Waals surface area contributed by atoms with E-state index in [9.17, 15) is 4.79 Å². The number of benzene rings is 2. The predicted octanol–water partition coefficient (Wildman–Crippen LogP) is 4.77. The van der Waals surface area contributed by atoms with Crippen molar-refractivity contribution in [2.75, 3.05) is 26.2 Å². The molecule has 1 heterocycles. The maximum Gasteiger partial charge on any atom is 0.270 e. The lowest BCUT2D eigenvalue weighted by atomic mass is 10.1. The molecule has 0 saturated carbocycles. The first kappa shape index (κ1) is 19.5. The summed E-state index contributed by atoms with van der Waals surface area (Å²) in [5.74, 6) is 1.59. The lowest BCUT2D eigenvalue weighted by molar-refractivity contribution is -0.113. The Morgan fingerprint density at radius 1 is 1.04 bits per heavy atom. The van der Waals surface area contributed by atoms with Gasteiger partial charge in [-0.25, -0.2) is 0 Å². The number of methoxy groups -OCH3 is 3. The van der Waals surface area contributed by atoms with Crippen LogP contribution in [0, 0.1) is 0 Å². The maximum absolute atomic E-state index is 12.9. The molecule has 0 bridgehead atoms. The first-order valence-electron chi connectivity index (χ1n) is 7.82. The molecule has 27 heavy (non-hydrogen) atoms. The molecule has 0 N–H and O–H groups in total. The first-order valence-corrected chi connectivity index (χ1v) is 9.42. The third-order valence-corrected chi connectivity index (χ3v) is 5.51. The van der Waals surface area contributed by atoms with Crippen LogP contribution >= 0.6 is 35.6 Å². The lowest BCUT2D eigenvalue weighted by Gasteiger charge is -2.15. The van der Waals surface area contributed by atoms with Crippen molar-refractivity contribution in [2.45, 2.75) is 0 Å². The summed E-state index contributed by atoms with van der Waals surface area (Å²) < 4.78 is 16.2. The molecule has 140 valence electrons. The Bertz CT molecular complexity index is 945. The predicted molar refractivity (Wildman–Crippen MR) is 113 cm³/mol. The Hall–Kier alpha value is -2.22. The summed E-state index contributed by atoms with van der Waals surface area (Å²) in [7, 11) is 4.68. The zero-order chi connectivity index (χ0) is 19.6. The minimum atomic E-state index is -0.218. The van der Waals surface area contributed by atoms with Crippen molar-refractivity contribution in [3.8, 4) is 17.2 Å². The van der Waals surface area contributed by atoms with E-state index in [-0.39, 0.29) is 5.91 Å². The molecule has 1 amide bonds. The van der Waals surface area contributed by atoms with Crippen LogP contribution in [0.15, 0.2) is 41.3 Å². The van der Waals surface area contributed by atoms with Crippen molar-refractivity contribution in [3.63, 3.8) is 0 Å². The Labute approximate surface area is 171 Å². The van der Waals surface area contributed by atoms with E-state index in [1.807, 2.05) is 6.07 Å². The third-order valence-electron chi connectivity index (χ3n) is 3.91. The van der Waals surface area contributed by atoms with Gasteiger partial charge in [-0.15, -0.1) is 0 Å². The molecule has 2 aromatic rings. The van der Waals surface area contributed by atoms with Gasteiger partial charge in [-0.05, 0) is 36.4 Å². The molecule has 8 heteroatoms. The number of halogens is 1. The normalized spacial score (nSPS) is 15.4. The van der Waals surface area contributed by atoms with E-state index in [2.05, 4.69) is 0 Å². The van der Waals surface area contributed by atoms with Gasteiger partial charge >= 0.3 is 0 Å². The van der Waals surface area contributed by atoms with Crippen LogP contribution in [0.3, 0.4) is 0 Å². The zero-order valence-corrected chi connectivity index (χ0v) is 17.2. The van der Waals surface area contributed by atoms with Gasteiger partial charge < -0.3 is 14.2 Å². The highest BCUT2D eigenvalue weighted by Crippen LogP contribution is 2.39. The molecule has 5 nitrogen and oxygen atoms in total. The first-order chi connectivity index (χ1) is 13.0. The molecule has 0 spiro atoms. The largest absolute Gasteiger partial charge is 0.497 e. The van der Waals surface area contributed by atoms with Gasteiger partial charge in [-0.2, -0.15) is 0 Å². The monoisotopic (exact) mass is 421 g/mol. The molecule has 0 aliphatic carbocycles. The van der Waals surface area contributed by atoms with Crippen LogP contribution < -0.4 is 19.1 Å². The second-order valence-electron chi connectivity index (χ2n) is 5.44. The van der Waals surface area contributed by atoms with Crippen LogP contribution in [0.4, 0.5) is 5.69 Å². The molecule has 0 aromatic heterocycles. The van der Waals surface area contributed by atoms with Crippen LogP contribution in [0.1, 0.15) is 5.56 Å². The highest BCUT2D eigenvalue weighted by Gasteiger charge is 2.33. The van der Waals surface area contributed by atoms with Gasteiger partial charge in [0.15, 0.2) is 4.32 Å². The van der Waals surface area contributed by atoms with Gasteiger partial charge in [0.1, 0.15) is 17.2 Å². The fraction of sp³-hybridized carbons (Fsp3) is 0.158. The van der Waals surface area contributed by atoms with E-state index in [0.29, 0.717) is 37.2 Å². The fourth-order valence-electron chi connectivity index (χ4n) is 2.56. The molecule has 0 unspecified atom stereocenters. The summed E-state index contributed by atoms with van der Waals surface area (Å²) in [5.41, 5.74) is 1.35. The van der Waals surface area contributed by atoms with Crippen LogP contribution in [-0.2, 0) is 4.79 Å². The van der Waals surface area contributed by atoms with Crippen molar-refractivity contribution < 1.29 is 19.0 Å². The zero-order valence-electron chi connectivity index (χ0n) is 14.8. The van der Waals surface area contributed by atoms with E-state index in [1.165, 1.54) is 23.8 Å². The summed E-state index contributed by atoms with van der Waals surface area (Å²) in [4.78, 5) is 14.9. The van der Waals surface area contributed by atoms with Gasteiger partial charge in [0.2, 0.25) is 0 Å². The van der Waals surface area contributed by atoms with Crippen molar-refractivity contribution >= 4 is 57.6 Å². The number of ether oxygens (including phenoxy) is 3. The molecule has 0 atom stereocenters. The van der Waals surface area contributed by atoms with Crippen LogP contribution in [-0.4, -0.2) is 31.6 Å². The van der Waals surface area contributed by atoms with E-state index < -0.39 is 0 Å². The van der Waals surface area contributed by atoms with Crippen LogP contribution in [0.2, 0.25) is 5.02 Å². The highest BCUT2D eigenvalue weighted by molar-refractivity contribution is 8.27. The topological polar surface area (TPSA) is 48.0 Å². The summed E-state index contributed by atoms with van der Waals surface area (Å²) in [6.07, 6.45) is 1.75. The van der Waals surface area contributed by atoms with Gasteiger partial charge in [0.05, 0.1) is 36.9 Å². The molecule has 2 aromatic carbocycles. The summed E-state index contributed by atoms with van der Waals surface area (Å²) in [5, 5.41) is 0.407. The molecule has 0 radical (unpaired) electrons. The van der Waals surface area contributed by atoms with Crippen molar-refractivity contribution in [2.24, 2.45) is 0 Å². The van der Waals surface area contributed by atoms with Gasteiger partial charge in [0.25, 0.3) is 5.91 Å². The quantitative estimate of drug-likeness (QED) is 0.512. The molecule has 3 rings (SSSR count). The Morgan fingerprint density at radius 2 is 1.78 bits per heavy atom. The number of hydrogen-bond acceptors (Lipinski definition) is 6. The summed E-state index contributed by atoms with van der Waals surface area (Å²) in [6, 6.07) is 10.5. The van der Waals surface area contributed by atoms with Gasteiger partial charge in [0, 0.05) is 11.6 Å². The molecular weight excluding hydrogens is 406 g/mol. The number of carbonyl (C=O) groups excluding carboxylic acids is 1. The third kappa shape index (κ3) is 3.90. The Morgan fingerprint density at radius 3 is 2.41 bits per heavy atom. The van der Waals surface area contributed by atoms with Crippen molar-refractivity contribution in [3.05, 3.63) is 51.9 Å². The number of anilines is 1. The minimum absolute atomic E-state index is 0.218. The minimum Gasteiger partial charge on any atom is -0.497 e. The number of hydrogen-bond donors (Lipinski definition) is 0. The number of rotatable bonds is 5. The van der Waals surface area contributed by atoms with Crippen LogP contribution in [0.25, 0.3) is 6.08 Å². The number of amides is 1. The highest BCUT2D eigenvalue weighted by atomic mass is 35.5. The standard InChI is InChI=1S/C19H16ClNO4S2/c1-23-13-6-4-11(16(10-13)25-3)8-17-18(22)21(19(26)27-17)12-5-7-15(24-2)14(20)9-12/h4-10H,1-3H3/b17-8+.